The largest absolute Gasteiger partial charge is 0.495 e. The molecular weight excluding hydrogens is 363 g/mol. The minimum Gasteiger partial charge on any atom is -0.495 e. The van der Waals surface area contributed by atoms with Gasteiger partial charge in [-0.2, -0.15) is 0 Å². The van der Waals surface area contributed by atoms with Gasteiger partial charge in [0.1, 0.15) is 5.75 Å². The van der Waals surface area contributed by atoms with Crippen molar-refractivity contribution in [1.29, 1.82) is 0 Å². The monoisotopic (exact) mass is 378 g/mol. The van der Waals surface area contributed by atoms with Gasteiger partial charge < -0.3 is 15.0 Å². The van der Waals surface area contributed by atoms with Crippen molar-refractivity contribution in [2.75, 3.05) is 23.9 Å². The smallest absolute Gasteiger partial charge is 0.229 e. The van der Waals surface area contributed by atoms with Gasteiger partial charge in [-0.3, -0.25) is 9.59 Å². The van der Waals surface area contributed by atoms with Crippen molar-refractivity contribution in [3.8, 4) is 5.75 Å². The molecule has 2 aromatic rings. The van der Waals surface area contributed by atoms with E-state index in [1.807, 2.05) is 12.1 Å². The second kappa shape index (κ2) is 7.33. The maximum atomic E-state index is 12.5. The molecule has 0 unspecified atom stereocenters. The Morgan fingerprint density at radius 3 is 2.76 bits per heavy atom. The molecule has 1 fully saturated rings. The zero-order valence-electron chi connectivity index (χ0n) is 13.5. The van der Waals surface area contributed by atoms with Crippen LogP contribution in [-0.2, 0) is 9.59 Å². The fourth-order valence-electron chi connectivity index (χ4n) is 2.80. The van der Waals surface area contributed by atoms with Crippen LogP contribution in [0.2, 0.25) is 10.0 Å². The van der Waals surface area contributed by atoms with E-state index in [1.54, 1.807) is 42.3 Å². The molecule has 7 heteroatoms. The molecular formula is C18H16Cl2N2O3. The van der Waals surface area contributed by atoms with Crippen molar-refractivity contribution in [3.05, 3.63) is 52.5 Å². The normalized spacial score (nSPS) is 16.8. The van der Waals surface area contributed by atoms with Crippen molar-refractivity contribution in [2.45, 2.75) is 6.42 Å². The summed E-state index contributed by atoms with van der Waals surface area (Å²) in [5.41, 5.74) is 1.09. The highest BCUT2D eigenvalue weighted by Gasteiger charge is 2.36. The molecule has 1 saturated heterocycles. The van der Waals surface area contributed by atoms with Crippen LogP contribution < -0.4 is 15.0 Å². The molecule has 0 spiro atoms. The molecule has 0 bridgehead atoms. The molecule has 25 heavy (non-hydrogen) atoms. The Labute approximate surface area is 155 Å². The molecule has 3 rings (SSSR count). The average Bonchev–Trinajstić information content (AvgIpc) is 3.00. The van der Waals surface area contributed by atoms with E-state index >= 15 is 0 Å². The summed E-state index contributed by atoms with van der Waals surface area (Å²) in [5, 5.41) is 3.61. The topological polar surface area (TPSA) is 58.6 Å². The highest BCUT2D eigenvalue weighted by molar-refractivity contribution is 6.35. The molecule has 2 aromatic carbocycles. The molecule has 1 atom stereocenters. The van der Waals surface area contributed by atoms with E-state index in [1.165, 1.54) is 0 Å². The number of para-hydroxylation sites is 2. The van der Waals surface area contributed by atoms with E-state index in [2.05, 4.69) is 5.32 Å². The number of hydrogen-bond donors (Lipinski definition) is 1. The Balaban J connectivity index is 1.76. The molecule has 1 heterocycles. The molecule has 1 N–H and O–H groups in total. The van der Waals surface area contributed by atoms with Crippen molar-refractivity contribution in [3.63, 3.8) is 0 Å². The summed E-state index contributed by atoms with van der Waals surface area (Å²) in [6, 6.07) is 12.1. The van der Waals surface area contributed by atoms with Gasteiger partial charge in [0, 0.05) is 18.0 Å². The molecule has 1 aliphatic heterocycles. The van der Waals surface area contributed by atoms with Gasteiger partial charge in [-0.25, -0.2) is 0 Å². The Morgan fingerprint density at radius 1 is 1.24 bits per heavy atom. The van der Waals surface area contributed by atoms with Crippen LogP contribution in [0.25, 0.3) is 0 Å². The number of nitrogens with one attached hydrogen (secondary N) is 1. The summed E-state index contributed by atoms with van der Waals surface area (Å²) in [5.74, 6) is -0.279. The zero-order chi connectivity index (χ0) is 18.0. The van der Waals surface area contributed by atoms with E-state index in [4.69, 9.17) is 27.9 Å². The maximum absolute atomic E-state index is 12.5. The number of hydrogen-bond acceptors (Lipinski definition) is 3. The number of benzene rings is 2. The highest BCUT2D eigenvalue weighted by atomic mass is 35.5. The van der Waals surface area contributed by atoms with Crippen LogP contribution in [0.4, 0.5) is 11.4 Å². The Kier molecular flexibility index (Phi) is 5.16. The molecule has 0 aliphatic carbocycles. The molecule has 2 amide bonds. The predicted octanol–water partition coefficient (Wildman–Crippen LogP) is 3.99. The number of halogens is 2. The molecule has 0 saturated carbocycles. The second-order valence-corrected chi connectivity index (χ2v) is 6.53. The Hall–Kier alpha value is -2.24. The van der Waals surface area contributed by atoms with Gasteiger partial charge in [0.25, 0.3) is 0 Å². The minimum atomic E-state index is -0.479. The number of carbonyl (C=O) groups is 2. The number of carbonyl (C=O) groups excluding carboxylic acids is 2. The van der Waals surface area contributed by atoms with Gasteiger partial charge in [0.2, 0.25) is 11.8 Å². The number of rotatable bonds is 4. The number of nitrogens with zero attached hydrogens (tertiary/aromatic N) is 1. The minimum absolute atomic E-state index is 0.123. The summed E-state index contributed by atoms with van der Waals surface area (Å²) >= 11 is 12.0. The molecule has 5 nitrogen and oxygen atoms in total. The van der Waals surface area contributed by atoms with Crippen LogP contribution >= 0.6 is 23.2 Å². The van der Waals surface area contributed by atoms with Crippen LogP contribution in [0.15, 0.2) is 42.5 Å². The zero-order valence-corrected chi connectivity index (χ0v) is 15.0. The quantitative estimate of drug-likeness (QED) is 0.874. The Morgan fingerprint density at radius 2 is 2.00 bits per heavy atom. The van der Waals surface area contributed by atoms with E-state index in [-0.39, 0.29) is 24.8 Å². The first-order chi connectivity index (χ1) is 12.0. The van der Waals surface area contributed by atoms with E-state index in [9.17, 15) is 9.59 Å². The van der Waals surface area contributed by atoms with Gasteiger partial charge in [0.05, 0.1) is 29.4 Å². The fraction of sp³-hybridized carbons (Fsp3) is 0.222. The number of methoxy groups -OCH3 is 1. The first-order valence-electron chi connectivity index (χ1n) is 7.69. The van der Waals surface area contributed by atoms with Gasteiger partial charge in [-0.05, 0) is 30.3 Å². The van der Waals surface area contributed by atoms with E-state index in [0.717, 1.165) is 0 Å². The molecule has 130 valence electrons. The number of anilines is 2. The van der Waals surface area contributed by atoms with Crippen LogP contribution in [0.3, 0.4) is 0 Å². The standard InChI is InChI=1S/C18H16Cl2N2O3/c1-25-16-5-3-2-4-15(16)22-10-11(8-17(22)23)18(24)21-14-9-12(19)6-7-13(14)20/h2-7,9,11H,8,10H2,1H3,(H,21,24)/t11-/m0/s1. The fourth-order valence-corrected chi connectivity index (χ4v) is 3.13. The lowest BCUT2D eigenvalue weighted by molar-refractivity contribution is -0.122. The summed E-state index contributed by atoms with van der Waals surface area (Å²) in [7, 11) is 1.55. The summed E-state index contributed by atoms with van der Waals surface area (Å²) < 4.78 is 5.30. The molecule has 0 aromatic heterocycles. The van der Waals surface area contributed by atoms with E-state index in [0.29, 0.717) is 27.2 Å². The molecule has 1 aliphatic rings. The highest BCUT2D eigenvalue weighted by Crippen LogP contribution is 2.33. The van der Waals surface area contributed by atoms with Gasteiger partial charge >= 0.3 is 0 Å². The lowest BCUT2D eigenvalue weighted by Crippen LogP contribution is -2.28. The molecule has 0 radical (unpaired) electrons. The van der Waals surface area contributed by atoms with Gasteiger partial charge in [-0.1, -0.05) is 35.3 Å². The predicted molar refractivity (Wildman–Crippen MR) is 98.5 cm³/mol. The van der Waals surface area contributed by atoms with Gasteiger partial charge in [0.15, 0.2) is 0 Å². The third-order valence-corrected chi connectivity index (χ3v) is 4.62. The summed E-state index contributed by atoms with van der Waals surface area (Å²) in [4.78, 5) is 26.5. The van der Waals surface area contributed by atoms with E-state index < -0.39 is 5.92 Å². The number of ether oxygens (including phenoxy) is 1. The van der Waals surface area contributed by atoms with Crippen molar-refractivity contribution < 1.29 is 14.3 Å². The third kappa shape index (κ3) is 3.72. The van der Waals surface area contributed by atoms with Crippen molar-refractivity contribution in [1.82, 2.24) is 0 Å². The average molecular weight is 379 g/mol. The van der Waals surface area contributed by atoms with Crippen LogP contribution in [0.5, 0.6) is 5.75 Å². The van der Waals surface area contributed by atoms with Crippen molar-refractivity contribution >= 4 is 46.4 Å². The first-order valence-corrected chi connectivity index (χ1v) is 8.44. The van der Waals surface area contributed by atoms with Crippen LogP contribution in [-0.4, -0.2) is 25.5 Å². The third-order valence-electron chi connectivity index (χ3n) is 4.06. The first kappa shape index (κ1) is 17.6. The summed E-state index contributed by atoms with van der Waals surface area (Å²) in [6.45, 7) is 0.281. The maximum Gasteiger partial charge on any atom is 0.229 e. The van der Waals surface area contributed by atoms with Crippen LogP contribution in [0, 0.1) is 5.92 Å². The lowest BCUT2D eigenvalue weighted by atomic mass is 10.1. The number of amides is 2. The van der Waals surface area contributed by atoms with Gasteiger partial charge in [-0.15, -0.1) is 0 Å². The Bertz CT molecular complexity index is 826. The van der Waals surface area contributed by atoms with Crippen LogP contribution in [0.1, 0.15) is 6.42 Å². The SMILES string of the molecule is COc1ccccc1N1C[C@@H](C(=O)Nc2cc(Cl)ccc2Cl)CC1=O. The second-order valence-electron chi connectivity index (χ2n) is 5.69. The summed E-state index contributed by atoms with van der Waals surface area (Å²) in [6.07, 6.45) is 0.127. The lowest BCUT2D eigenvalue weighted by Gasteiger charge is -2.19. The van der Waals surface area contributed by atoms with Crippen molar-refractivity contribution in [2.24, 2.45) is 5.92 Å².